The molecular weight excluding hydrogens is 723 g/mol. The number of Topliss-reactive ketones (excluding diaryl/α,β-unsaturated/α-hetero) is 1. The van der Waals surface area contributed by atoms with Crippen LogP contribution in [0.25, 0.3) is 22.2 Å². The molecule has 3 fully saturated rings. The number of H-pyrrole nitrogens is 1. The standard InChI is InChI=1S/C21H19Cl2N7O11P2S2/c22-6-1-8-9(2-7(6)23)29(5-27-8)18-15-13(32)20(38-18)41-43(35,45)40-14-12(31)10(3-36-42(34,44)39-15)37-19(14)30-17-11(28-21(30)33)16(24)25-4-26-17/h1-2,4-5,10,12,14-15,18-20,31H,3H2,(H,28,33)(H,34,44)(H,35,45)(H2,24,25,26)/t10-,12-,14?,15?,18-,19-,20-,42?,43?/m1/s1. The number of fused-ring (bicyclic) bond motifs is 6. The molecule has 9 atom stereocenters. The first kappa shape index (κ1) is 31.6. The summed E-state index contributed by atoms with van der Waals surface area (Å²) < 4.78 is 62.9. The van der Waals surface area contributed by atoms with Crippen LogP contribution in [0.3, 0.4) is 0 Å². The van der Waals surface area contributed by atoms with Crippen LogP contribution in [-0.2, 0) is 41.5 Å². The van der Waals surface area contributed by atoms with Gasteiger partial charge in [0.25, 0.3) is 0 Å². The molecular formula is C21H19Cl2N7O11P2S2. The van der Waals surface area contributed by atoms with E-state index in [4.69, 9.17) is 56.5 Å². The number of aliphatic hydroxyl groups excluding tert-OH is 1. The van der Waals surface area contributed by atoms with Crippen molar-refractivity contribution in [1.82, 2.24) is 29.1 Å². The first-order valence-corrected chi connectivity index (χ1v) is 18.8. The maximum Gasteiger partial charge on any atom is 0.389 e. The number of carbonyl (C=O) groups excluding carboxylic acids is 1. The van der Waals surface area contributed by atoms with Gasteiger partial charge in [-0.15, -0.1) is 0 Å². The van der Waals surface area contributed by atoms with Crippen molar-refractivity contribution in [2.45, 2.75) is 43.2 Å². The maximum atomic E-state index is 13.6. The summed E-state index contributed by atoms with van der Waals surface area (Å²) in [5.74, 6) is -1.06. The van der Waals surface area contributed by atoms with E-state index in [0.29, 0.717) is 11.0 Å². The molecule has 0 radical (unpaired) electrons. The molecule has 0 spiro atoms. The number of anilines is 1. The predicted molar refractivity (Wildman–Crippen MR) is 161 cm³/mol. The van der Waals surface area contributed by atoms with Crippen LogP contribution in [0.2, 0.25) is 10.0 Å². The topological polar surface area (TPSA) is 234 Å². The van der Waals surface area contributed by atoms with E-state index in [1.807, 2.05) is 0 Å². The third-order valence-corrected chi connectivity index (χ3v) is 11.0. The molecule has 3 saturated heterocycles. The van der Waals surface area contributed by atoms with E-state index in [1.54, 1.807) is 0 Å². The molecule has 4 N–H and O–H groups in total. The molecule has 6 heterocycles. The molecule has 3 aliphatic rings. The molecule has 0 aliphatic carbocycles. The average Bonchev–Trinajstić information content (AvgIpc) is 3.68. The molecule has 4 unspecified atom stereocenters. The lowest BCUT2D eigenvalue weighted by atomic mass is 10.1. The van der Waals surface area contributed by atoms with Crippen molar-refractivity contribution in [1.29, 1.82) is 0 Å². The van der Waals surface area contributed by atoms with Crippen LogP contribution in [0, 0.1) is 0 Å². The second-order valence-corrected chi connectivity index (χ2v) is 16.4. The molecule has 3 aliphatic heterocycles. The van der Waals surface area contributed by atoms with Gasteiger partial charge in [-0.05, 0) is 12.1 Å². The van der Waals surface area contributed by atoms with E-state index in [2.05, 4.69) is 44.4 Å². The number of halogens is 2. The lowest BCUT2D eigenvalue weighted by Crippen LogP contribution is -2.37. The van der Waals surface area contributed by atoms with Crippen LogP contribution in [0.15, 0.2) is 29.6 Å². The van der Waals surface area contributed by atoms with Gasteiger partial charge in [0.2, 0.25) is 12.1 Å². The second kappa shape index (κ2) is 11.3. The first-order valence-electron chi connectivity index (χ1n) is 12.6. The van der Waals surface area contributed by atoms with Crippen LogP contribution in [-0.4, -0.2) is 77.3 Å². The Balaban J connectivity index is 1.27. The number of imidazole rings is 2. The smallest absolute Gasteiger partial charge is 0.387 e. The number of rotatable bonds is 2. The summed E-state index contributed by atoms with van der Waals surface area (Å²) in [5, 5.41) is 11.5. The van der Waals surface area contributed by atoms with Crippen LogP contribution in [0.5, 0.6) is 0 Å². The number of benzene rings is 1. The monoisotopic (exact) mass is 741 g/mol. The molecule has 18 nitrogen and oxygen atoms in total. The number of nitrogens with zero attached hydrogens (tertiary/aromatic N) is 5. The molecule has 4 aromatic rings. The number of hydrogen-bond acceptors (Lipinski definition) is 15. The molecule has 240 valence electrons. The Morgan fingerprint density at radius 1 is 1.02 bits per heavy atom. The second-order valence-electron chi connectivity index (χ2n) is 9.92. The lowest BCUT2D eigenvalue weighted by molar-refractivity contribution is -0.143. The van der Waals surface area contributed by atoms with Gasteiger partial charge in [-0.25, -0.2) is 33.4 Å². The quantitative estimate of drug-likeness (QED) is 0.147. The highest BCUT2D eigenvalue weighted by Crippen LogP contribution is 2.61. The number of carbonyl (C=O) groups is 1. The largest absolute Gasteiger partial charge is 0.389 e. The number of aromatic nitrogens is 6. The van der Waals surface area contributed by atoms with Gasteiger partial charge < -0.3 is 29.9 Å². The molecule has 0 saturated carbocycles. The maximum absolute atomic E-state index is 13.6. The highest BCUT2D eigenvalue weighted by molar-refractivity contribution is 8.44. The van der Waals surface area contributed by atoms with Gasteiger partial charge in [0.1, 0.15) is 30.2 Å². The minimum atomic E-state index is -4.66. The van der Waals surface area contributed by atoms with Crippen LogP contribution in [0.1, 0.15) is 12.5 Å². The van der Waals surface area contributed by atoms with E-state index in [0.717, 1.165) is 10.9 Å². The summed E-state index contributed by atoms with van der Waals surface area (Å²) in [5.41, 5.74) is 5.74. The average molecular weight is 742 g/mol. The predicted octanol–water partition coefficient (Wildman–Crippen LogP) is 2.63. The number of thiol groups is 2. The van der Waals surface area contributed by atoms with Gasteiger partial charge >= 0.3 is 19.3 Å². The highest BCUT2D eigenvalue weighted by atomic mass is 35.5. The van der Waals surface area contributed by atoms with Crippen molar-refractivity contribution in [3.63, 3.8) is 0 Å². The first-order chi connectivity index (χ1) is 21.2. The minimum absolute atomic E-state index is 0.0460. The summed E-state index contributed by atoms with van der Waals surface area (Å²) in [6, 6.07) is 2.93. The highest BCUT2D eigenvalue weighted by Gasteiger charge is 2.55. The van der Waals surface area contributed by atoms with Gasteiger partial charge in [-0.3, -0.25) is 22.9 Å². The minimum Gasteiger partial charge on any atom is -0.387 e. The molecule has 1 aromatic carbocycles. The van der Waals surface area contributed by atoms with Crippen LogP contribution in [0.4, 0.5) is 5.82 Å². The Labute approximate surface area is 270 Å². The Bertz CT molecular complexity index is 2030. The Hall–Kier alpha value is -2.03. The van der Waals surface area contributed by atoms with Gasteiger partial charge in [0.05, 0.1) is 34.0 Å². The zero-order valence-electron chi connectivity index (χ0n) is 21.9. The van der Waals surface area contributed by atoms with Gasteiger partial charge in [-0.2, -0.15) is 0 Å². The SMILES string of the molecule is Nc1ncnc2c1[nH]c(=O)n2[C@@H]1O[C@@H]2COP(=O)(S)OC3C(=O)[C@H](O[C@H]3n3cnc4cc(Cl)c(Cl)cc43)OP(=O)(S)OC1[C@@H]2O. The number of nitrogens with two attached hydrogens (primary N) is 1. The number of ketones is 1. The van der Waals surface area contributed by atoms with Crippen molar-refractivity contribution < 1.29 is 46.6 Å². The number of hydrogen-bond donors (Lipinski definition) is 5. The van der Waals surface area contributed by atoms with E-state index in [-0.39, 0.29) is 27.0 Å². The number of ether oxygens (including phenoxy) is 2. The Kier molecular flexibility index (Phi) is 7.92. The zero-order valence-corrected chi connectivity index (χ0v) is 27.0. The summed E-state index contributed by atoms with van der Waals surface area (Å²) in [4.78, 5) is 41.1. The number of nitrogens with one attached hydrogen (secondary N) is 1. The molecule has 4 bridgehead atoms. The number of aliphatic hydroxyl groups is 1. The lowest BCUT2D eigenvalue weighted by Gasteiger charge is -2.25. The summed E-state index contributed by atoms with van der Waals surface area (Å²) >= 11 is 20.3. The van der Waals surface area contributed by atoms with Crippen molar-refractivity contribution >= 4 is 95.1 Å². The van der Waals surface area contributed by atoms with E-state index < -0.39 is 74.8 Å². The van der Waals surface area contributed by atoms with E-state index in [1.165, 1.54) is 23.0 Å². The fourth-order valence-electron chi connectivity index (χ4n) is 5.17. The molecule has 3 aromatic heterocycles. The third kappa shape index (κ3) is 5.54. The Morgan fingerprint density at radius 3 is 2.56 bits per heavy atom. The molecule has 45 heavy (non-hydrogen) atoms. The summed E-state index contributed by atoms with van der Waals surface area (Å²) in [7, 11) is 0. The van der Waals surface area contributed by atoms with E-state index >= 15 is 0 Å². The molecule has 0 amide bonds. The summed E-state index contributed by atoms with van der Waals surface area (Å²) in [6.45, 7) is -9.78. The van der Waals surface area contributed by atoms with Crippen molar-refractivity contribution in [2.24, 2.45) is 0 Å². The van der Waals surface area contributed by atoms with Crippen molar-refractivity contribution in [3.05, 3.63) is 45.3 Å². The third-order valence-electron chi connectivity index (χ3n) is 7.16. The van der Waals surface area contributed by atoms with Crippen molar-refractivity contribution in [3.8, 4) is 0 Å². The molecule has 7 rings (SSSR count). The van der Waals surface area contributed by atoms with Gasteiger partial charge in [-0.1, -0.05) is 47.7 Å². The van der Waals surface area contributed by atoms with Crippen molar-refractivity contribution in [2.75, 3.05) is 12.3 Å². The summed E-state index contributed by atoms with van der Waals surface area (Å²) in [6.07, 6.45) is -9.04. The van der Waals surface area contributed by atoms with Gasteiger partial charge in [0, 0.05) is 0 Å². The zero-order chi connectivity index (χ0) is 32.0. The normalized spacial score (nSPS) is 35.8. The van der Waals surface area contributed by atoms with Crippen LogP contribution >= 0.6 is 61.3 Å². The number of nitrogen functional groups attached to an aromatic ring is 1. The van der Waals surface area contributed by atoms with Gasteiger partial charge in [0.15, 0.2) is 30.0 Å². The van der Waals surface area contributed by atoms with Crippen LogP contribution < -0.4 is 11.4 Å². The molecule has 24 heteroatoms. The Morgan fingerprint density at radius 2 is 1.78 bits per heavy atom. The van der Waals surface area contributed by atoms with E-state index in [9.17, 15) is 23.8 Å². The fraction of sp³-hybridized carbons (Fsp3) is 0.381. The fourth-order valence-corrected chi connectivity index (χ4v) is 8.44. The number of aromatic amines is 1.